The molecule has 2 saturated heterocycles. The Morgan fingerprint density at radius 3 is 2.69 bits per heavy atom. The lowest BCUT2D eigenvalue weighted by Crippen LogP contribution is -2.46. The molecule has 3 aliphatic rings. The normalized spacial score (nSPS) is 23.7. The van der Waals surface area contributed by atoms with Gasteiger partial charge in [-0.25, -0.2) is 4.98 Å². The molecule has 3 aliphatic heterocycles. The van der Waals surface area contributed by atoms with Crippen molar-refractivity contribution in [1.82, 2.24) is 15.2 Å². The van der Waals surface area contributed by atoms with Crippen LogP contribution >= 0.6 is 0 Å². The molecular weight excluding hydrogens is 464 g/mol. The highest BCUT2D eigenvalue weighted by molar-refractivity contribution is 6.10. The van der Waals surface area contributed by atoms with Crippen molar-refractivity contribution in [2.75, 3.05) is 18.6 Å². The highest BCUT2D eigenvalue weighted by Gasteiger charge is 2.53. The van der Waals surface area contributed by atoms with Gasteiger partial charge in [0.25, 0.3) is 5.91 Å². The number of amides is 4. The van der Waals surface area contributed by atoms with Crippen LogP contribution in [0.1, 0.15) is 47.9 Å². The number of aromatic nitrogens is 1. The maximum atomic E-state index is 13.2. The summed E-state index contributed by atoms with van der Waals surface area (Å²) in [5.41, 5.74) is 0.842. The van der Waals surface area contributed by atoms with Crippen LogP contribution in [-0.2, 0) is 26.3 Å². The van der Waals surface area contributed by atoms with Gasteiger partial charge < -0.3 is 14.1 Å². The molecule has 2 aromatic heterocycles. The van der Waals surface area contributed by atoms with Gasteiger partial charge in [-0.2, -0.15) is 0 Å². The third kappa shape index (κ3) is 3.28. The number of furan rings is 1. The number of methoxy groups -OCH3 is 1. The molecule has 0 saturated carbocycles. The summed E-state index contributed by atoms with van der Waals surface area (Å²) in [6.07, 6.45) is 1.09. The molecule has 36 heavy (non-hydrogen) atoms. The number of imide groups is 1. The SMILES string of the molecule is COc1ccc2c(c1)C(=O)N(C[C@@]1(c3cc4nc(N5C(=O)CCC5C)ccc4o3)CC(=O)NC1=O)C2. The largest absolute Gasteiger partial charge is 0.497 e. The highest BCUT2D eigenvalue weighted by atomic mass is 16.5. The van der Waals surface area contributed by atoms with Crippen LogP contribution in [0.15, 0.2) is 40.8 Å². The van der Waals surface area contributed by atoms with Gasteiger partial charge in [-0.1, -0.05) is 6.07 Å². The van der Waals surface area contributed by atoms with Gasteiger partial charge in [-0.15, -0.1) is 0 Å². The first kappa shape index (κ1) is 22.3. The van der Waals surface area contributed by atoms with Crippen LogP contribution in [-0.4, -0.2) is 53.2 Å². The zero-order chi connectivity index (χ0) is 25.2. The Balaban J connectivity index is 1.37. The number of hydrogen-bond donors (Lipinski definition) is 1. The Labute approximate surface area is 206 Å². The molecular formula is C26H24N4O6. The second-order valence-electron chi connectivity index (χ2n) is 9.64. The molecule has 3 aromatic rings. The van der Waals surface area contributed by atoms with Gasteiger partial charge in [0.2, 0.25) is 17.7 Å². The van der Waals surface area contributed by atoms with Crippen molar-refractivity contribution < 1.29 is 28.3 Å². The molecule has 2 atom stereocenters. The van der Waals surface area contributed by atoms with Crippen LogP contribution in [0, 0.1) is 0 Å². The minimum absolute atomic E-state index is 0.0130. The highest BCUT2D eigenvalue weighted by Crippen LogP contribution is 2.39. The summed E-state index contributed by atoms with van der Waals surface area (Å²) >= 11 is 0. The Morgan fingerprint density at radius 2 is 2.00 bits per heavy atom. The summed E-state index contributed by atoms with van der Waals surface area (Å²) in [6, 6.07) is 10.4. The van der Waals surface area contributed by atoms with Crippen LogP contribution in [0.25, 0.3) is 11.1 Å². The predicted octanol–water partition coefficient (Wildman–Crippen LogP) is 2.29. The topological polar surface area (TPSA) is 122 Å². The van der Waals surface area contributed by atoms with Gasteiger partial charge in [0, 0.05) is 37.2 Å². The fraction of sp³-hybridized carbons (Fsp3) is 0.346. The van der Waals surface area contributed by atoms with E-state index < -0.39 is 17.2 Å². The second-order valence-corrected chi connectivity index (χ2v) is 9.64. The van der Waals surface area contributed by atoms with Crippen molar-refractivity contribution in [3.8, 4) is 5.75 Å². The number of anilines is 1. The predicted molar refractivity (Wildman–Crippen MR) is 127 cm³/mol. The van der Waals surface area contributed by atoms with Crippen molar-refractivity contribution in [3.05, 3.63) is 53.3 Å². The lowest BCUT2D eigenvalue weighted by molar-refractivity contribution is -0.127. The van der Waals surface area contributed by atoms with Crippen LogP contribution < -0.4 is 15.0 Å². The van der Waals surface area contributed by atoms with E-state index in [-0.39, 0.29) is 36.6 Å². The summed E-state index contributed by atoms with van der Waals surface area (Å²) in [6.45, 7) is 2.25. The third-order valence-electron chi connectivity index (χ3n) is 7.37. The number of pyridine rings is 1. The first-order valence-corrected chi connectivity index (χ1v) is 11.8. The standard InChI is InChI=1S/C26H24N4O6/c1-14-3-8-23(32)30(14)21-7-6-19-18(27-21)10-20(36-19)26(11-22(31)28-25(26)34)13-29-12-15-4-5-16(35-2)9-17(15)24(29)33/h4-7,9-10,14H,3,8,11-13H2,1-2H3,(H,28,31,34)/t14?,26-/m1/s1. The number of hydrogen-bond acceptors (Lipinski definition) is 7. The molecule has 184 valence electrons. The lowest BCUT2D eigenvalue weighted by atomic mass is 9.82. The molecule has 4 amide bonds. The summed E-state index contributed by atoms with van der Waals surface area (Å²) in [5, 5.41) is 2.38. The average molecular weight is 489 g/mol. The number of benzene rings is 1. The van der Waals surface area contributed by atoms with E-state index >= 15 is 0 Å². The Hall–Kier alpha value is -4.21. The fourth-order valence-corrected chi connectivity index (χ4v) is 5.43. The summed E-state index contributed by atoms with van der Waals surface area (Å²) in [4.78, 5) is 59.0. The number of rotatable bonds is 5. The Morgan fingerprint density at radius 1 is 1.17 bits per heavy atom. The van der Waals surface area contributed by atoms with Crippen molar-refractivity contribution in [1.29, 1.82) is 0 Å². The zero-order valence-corrected chi connectivity index (χ0v) is 19.9. The molecule has 1 aromatic carbocycles. The third-order valence-corrected chi connectivity index (χ3v) is 7.37. The molecule has 0 bridgehead atoms. The van der Waals surface area contributed by atoms with Crippen molar-refractivity contribution in [2.24, 2.45) is 0 Å². The quantitative estimate of drug-likeness (QED) is 0.547. The van der Waals surface area contributed by atoms with Gasteiger partial charge in [0.15, 0.2) is 5.58 Å². The van der Waals surface area contributed by atoms with Gasteiger partial charge in [-0.3, -0.25) is 29.4 Å². The van der Waals surface area contributed by atoms with Crippen molar-refractivity contribution in [3.63, 3.8) is 0 Å². The van der Waals surface area contributed by atoms with E-state index in [0.29, 0.717) is 41.2 Å². The van der Waals surface area contributed by atoms with Gasteiger partial charge in [0.1, 0.15) is 28.3 Å². The number of nitrogens with zero attached hydrogens (tertiary/aromatic N) is 3. The molecule has 0 spiro atoms. The van der Waals surface area contributed by atoms with E-state index in [1.165, 1.54) is 7.11 Å². The number of nitrogens with one attached hydrogen (secondary N) is 1. The molecule has 1 unspecified atom stereocenters. The summed E-state index contributed by atoms with van der Waals surface area (Å²) in [5.74, 6) is 0.162. The lowest BCUT2D eigenvalue weighted by Gasteiger charge is -2.28. The second kappa shape index (κ2) is 7.91. The summed E-state index contributed by atoms with van der Waals surface area (Å²) in [7, 11) is 1.53. The minimum atomic E-state index is -1.39. The number of fused-ring (bicyclic) bond motifs is 2. The molecule has 5 heterocycles. The first-order chi connectivity index (χ1) is 17.3. The van der Waals surface area contributed by atoms with E-state index in [0.717, 1.165) is 12.0 Å². The van der Waals surface area contributed by atoms with Crippen LogP contribution in [0.4, 0.5) is 5.82 Å². The van der Waals surface area contributed by atoms with E-state index in [4.69, 9.17) is 9.15 Å². The van der Waals surface area contributed by atoms with Gasteiger partial charge in [0.05, 0.1) is 13.5 Å². The van der Waals surface area contributed by atoms with Crippen molar-refractivity contribution >= 4 is 40.5 Å². The van der Waals surface area contributed by atoms with Crippen LogP contribution in [0.3, 0.4) is 0 Å². The van der Waals surface area contributed by atoms with E-state index in [9.17, 15) is 19.2 Å². The number of carbonyl (C=O) groups excluding carboxylic acids is 4. The molecule has 0 radical (unpaired) electrons. The van der Waals surface area contributed by atoms with Gasteiger partial charge in [-0.05, 0) is 43.2 Å². The van der Waals surface area contributed by atoms with E-state index in [1.54, 1.807) is 40.1 Å². The smallest absolute Gasteiger partial charge is 0.254 e. The van der Waals surface area contributed by atoms with E-state index in [2.05, 4.69) is 10.3 Å². The first-order valence-electron chi connectivity index (χ1n) is 11.8. The molecule has 10 heteroatoms. The van der Waals surface area contributed by atoms with E-state index in [1.807, 2.05) is 13.0 Å². The Kier molecular flexibility index (Phi) is 4.89. The van der Waals surface area contributed by atoms with Crippen LogP contribution in [0.2, 0.25) is 0 Å². The molecule has 0 aliphatic carbocycles. The summed E-state index contributed by atoms with van der Waals surface area (Å²) < 4.78 is 11.3. The zero-order valence-electron chi connectivity index (χ0n) is 19.9. The minimum Gasteiger partial charge on any atom is -0.497 e. The fourth-order valence-electron chi connectivity index (χ4n) is 5.43. The Bertz CT molecular complexity index is 1460. The molecule has 2 fully saturated rings. The number of carbonyl (C=O) groups is 4. The molecule has 10 nitrogen and oxygen atoms in total. The number of ether oxygens (including phenoxy) is 1. The maximum absolute atomic E-state index is 13.2. The average Bonchev–Trinajstić information content (AvgIpc) is 3.59. The van der Waals surface area contributed by atoms with Crippen molar-refractivity contribution in [2.45, 2.75) is 44.2 Å². The van der Waals surface area contributed by atoms with Crippen LogP contribution in [0.5, 0.6) is 5.75 Å². The molecule has 1 N–H and O–H groups in total. The monoisotopic (exact) mass is 488 g/mol. The maximum Gasteiger partial charge on any atom is 0.254 e. The van der Waals surface area contributed by atoms with Gasteiger partial charge >= 0.3 is 0 Å². The molecule has 6 rings (SSSR count).